The number of ether oxygens (including phenoxy) is 11. The second kappa shape index (κ2) is 22.6. The van der Waals surface area contributed by atoms with Crippen molar-refractivity contribution < 1.29 is 66.5 Å². The number of fused-ring (bicyclic) bond motifs is 1. The highest BCUT2D eigenvalue weighted by atomic mass is 32.2. The third-order valence-electron chi connectivity index (χ3n) is 15.3. The third-order valence-corrected chi connectivity index (χ3v) is 16.7. The number of rotatable bonds is 14. The standard InChI is InChI=1S/C50H81NO14S/c1-18-36-50(10)38(42(46(54)65-50)66-26-33-19-21-34(55-13)22-20-33)29(4)39(52)27(2)24-48(8,58-16)43(64-47-41(56-14)35(51(11)12)23-28(3)60-47)30(5)40(31(6)45(53)62-36)63-37-25-49(9,59-17)44(57-15)32(7)61-37/h19-22,27-32,35-38,40-44,47H,18,23-26H2,1-17H3/t27-,28-,29-,30+,31-,32+,35+,36-,37+,38?,40+,41-,42?,43-,44+,47+,48-,49-,50-/m1/s1. The van der Waals surface area contributed by atoms with Crippen molar-refractivity contribution in [3.8, 4) is 5.75 Å². The molecular weight excluding hydrogens is 871 g/mol. The molecule has 4 heterocycles. The largest absolute Gasteiger partial charge is 0.497 e. The van der Waals surface area contributed by atoms with Crippen LogP contribution >= 0.6 is 11.8 Å². The van der Waals surface area contributed by atoms with Crippen molar-refractivity contribution in [1.29, 1.82) is 0 Å². The second-order valence-corrected chi connectivity index (χ2v) is 21.2. The average Bonchev–Trinajstić information content (AvgIpc) is 3.55. The van der Waals surface area contributed by atoms with Crippen molar-refractivity contribution in [3.05, 3.63) is 29.8 Å². The summed E-state index contributed by atoms with van der Waals surface area (Å²) >= 11 is 1.43. The van der Waals surface area contributed by atoms with Gasteiger partial charge in [0.25, 0.3) is 0 Å². The molecule has 2 unspecified atom stereocenters. The number of carbonyl (C=O) groups is 3. The van der Waals surface area contributed by atoms with Crippen LogP contribution in [-0.4, -0.2) is 156 Å². The molecule has 0 spiro atoms. The zero-order chi connectivity index (χ0) is 49.1. The number of thioether (sulfide) groups is 1. The van der Waals surface area contributed by atoms with E-state index in [1.165, 1.54) is 11.8 Å². The fourth-order valence-corrected chi connectivity index (χ4v) is 12.9. The molecule has 15 nitrogen and oxygen atoms in total. The summed E-state index contributed by atoms with van der Waals surface area (Å²) in [6, 6.07) is 7.62. The zero-order valence-corrected chi connectivity index (χ0v) is 43.5. The molecule has 0 amide bonds. The van der Waals surface area contributed by atoms with Crippen molar-refractivity contribution in [2.75, 3.05) is 49.6 Å². The van der Waals surface area contributed by atoms with Gasteiger partial charge in [0, 0.05) is 70.3 Å². The number of hydrogen-bond acceptors (Lipinski definition) is 16. The molecule has 376 valence electrons. The molecule has 4 fully saturated rings. The van der Waals surface area contributed by atoms with Gasteiger partial charge in [-0.25, -0.2) is 0 Å². The van der Waals surface area contributed by atoms with Crippen LogP contribution < -0.4 is 4.74 Å². The number of esters is 2. The van der Waals surface area contributed by atoms with Crippen LogP contribution in [-0.2, 0) is 67.5 Å². The van der Waals surface area contributed by atoms with Gasteiger partial charge in [-0.2, -0.15) is 0 Å². The summed E-state index contributed by atoms with van der Waals surface area (Å²) in [5.74, 6) is -3.38. The predicted molar refractivity (Wildman–Crippen MR) is 250 cm³/mol. The van der Waals surface area contributed by atoms with Gasteiger partial charge in [-0.05, 0) is 92.6 Å². The Morgan fingerprint density at radius 1 is 0.773 bits per heavy atom. The SMILES string of the molecule is CC[C@H]1OC(=O)[C@H](C)[C@@H](O[C@H]2C[C@@](C)(OC)[C@@H](OC)[C@H](C)O2)[C@H](C)[C@@H](O[C@@H]2O[C@H](C)C[C@H](N(C)C)[C@H]2OC)[C@](C)(OC)C[C@@H](C)C(=O)[C@H](C)C2C(SCc3ccc(OC)cc3)C(=O)O[C@@]21C. The molecule has 5 rings (SSSR count). The van der Waals surface area contributed by atoms with Crippen LogP contribution in [0.1, 0.15) is 100 Å². The van der Waals surface area contributed by atoms with Crippen LogP contribution in [0, 0.1) is 29.6 Å². The Morgan fingerprint density at radius 2 is 1.41 bits per heavy atom. The molecule has 1 aromatic rings. The number of benzene rings is 1. The molecule has 66 heavy (non-hydrogen) atoms. The van der Waals surface area contributed by atoms with Gasteiger partial charge in [0.1, 0.15) is 35.1 Å². The van der Waals surface area contributed by atoms with Crippen LogP contribution in [0.4, 0.5) is 0 Å². The summed E-state index contributed by atoms with van der Waals surface area (Å²) < 4.78 is 70.4. The number of cyclic esters (lactones) is 1. The van der Waals surface area contributed by atoms with Crippen LogP contribution in [0.5, 0.6) is 5.75 Å². The Hall–Kier alpha value is -2.38. The van der Waals surface area contributed by atoms with Gasteiger partial charge in [0.05, 0.1) is 48.6 Å². The Labute approximate surface area is 398 Å². The monoisotopic (exact) mass is 952 g/mol. The first-order valence-electron chi connectivity index (χ1n) is 23.7. The number of likely N-dealkylation sites (N-methyl/N-ethyl adjacent to an activating group) is 1. The lowest BCUT2D eigenvalue weighted by atomic mass is 9.70. The maximum absolute atomic E-state index is 15.1. The maximum Gasteiger partial charge on any atom is 0.320 e. The van der Waals surface area contributed by atoms with Crippen LogP contribution in [0.3, 0.4) is 0 Å². The molecule has 0 N–H and O–H groups in total. The van der Waals surface area contributed by atoms with Gasteiger partial charge in [-0.1, -0.05) is 39.8 Å². The molecule has 4 saturated heterocycles. The Kier molecular flexibility index (Phi) is 18.7. The van der Waals surface area contributed by atoms with E-state index in [1.54, 1.807) is 42.5 Å². The summed E-state index contributed by atoms with van der Waals surface area (Å²) in [6.45, 7) is 19.0. The smallest absolute Gasteiger partial charge is 0.320 e. The Bertz CT molecular complexity index is 1770. The lowest BCUT2D eigenvalue weighted by molar-refractivity contribution is -0.322. The number of Topliss-reactive ketones (excluding diaryl/α,β-unsaturated/α-hetero) is 1. The second-order valence-electron chi connectivity index (χ2n) is 20.1. The van der Waals surface area contributed by atoms with Crippen molar-refractivity contribution >= 4 is 29.5 Å². The zero-order valence-electron chi connectivity index (χ0n) is 42.7. The van der Waals surface area contributed by atoms with Crippen molar-refractivity contribution in [1.82, 2.24) is 4.90 Å². The summed E-state index contributed by atoms with van der Waals surface area (Å²) in [6.07, 6.45) is -4.34. The van der Waals surface area contributed by atoms with Crippen molar-refractivity contribution in [3.63, 3.8) is 0 Å². The van der Waals surface area contributed by atoms with Crippen LogP contribution in [0.2, 0.25) is 0 Å². The molecule has 1 aromatic carbocycles. The highest BCUT2D eigenvalue weighted by Crippen LogP contribution is 2.50. The van der Waals surface area contributed by atoms with E-state index in [4.69, 9.17) is 52.1 Å². The Morgan fingerprint density at radius 3 is 1.97 bits per heavy atom. The van der Waals surface area contributed by atoms with Crippen molar-refractivity contribution in [2.45, 2.75) is 184 Å². The molecule has 4 aliphatic heterocycles. The van der Waals surface area contributed by atoms with E-state index < -0.39 is 113 Å². The highest BCUT2D eigenvalue weighted by Gasteiger charge is 2.62. The van der Waals surface area contributed by atoms with E-state index in [1.807, 2.05) is 101 Å². The quantitative estimate of drug-likeness (QED) is 0.178. The highest BCUT2D eigenvalue weighted by molar-refractivity contribution is 7.99. The molecule has 19 atom stereocenters. The van der Waals surface area contributed by atoms with Crippen molar-refractivity contribution in [2.24, 2.45) is 29.6 Å². The molecule has 0 radical (unpaired) electrons. The number of ketones is 1. The molecule has 0 bridgehead atoms. The minimum atomic E-state index is -1.35. The van der Waals surface area contributed by atoms with Crippen LogP contribution in [0.25, 0.3) is 0 Å². The molecule has 0 aliphatic carbocycles. The van der Waals surface area contributed by atoms with Gasteiger partial charge in [0.15, 0.2) is 18.2 Å². The van der Waals surface area contributed by atoms with Gasteiger partial charge in [-0.3, -0.25) is 14.4 Å². The van der Waals surface area contributed by atoms with E-state index in [0.717, 1.165) is 11.3 Å². The minimum Gasteiger partial charge on any atom is -0.497 e. The summed E-state index contributed by atoms with van der Waals surface area (Å²) in [4.78, 5) is 46.5. The van der Waals surface area contributed by atoms with Gasteiger partial charge in [-0.15, -0.1) is 11.8 Å². The first kappa shape index (κ1) is 54.6. The van der Waals surface area contributed by atoms with E-state index in [2.05, 4.69) is 4.90 Å². The number of hydrogen-bond donors (Lipinski definition) is 0. The summed E-state index contributed by atoms with van der Waals surface area (Å²) in [5.41, 5.74) is -2.34. The predicted octanol–water partition coefficient (Wildman–Crippen LogP) is 6.88. The van der Waals surface area contributed by atoms with Crippen LogP contribution in [0.15, 0.2) is 24.3 Å². The van der Waals surface area contributed by atoms with E-state index >= 15 is 9.59 Å². The summed E-state index contributed by atoms with van der Waals surface area (Å²) in [5, 5.41) is -0.736. The summed E-state index contributed by atoms with van der Waals surface area (Å²) in [7, 11) is 12.2. The lowest BCUT2D eigenvalue weighted by Crippen LogP contribution is -2.61. The van der Waals surface area contributed by atoms with Gasteiger partial charge < -0.3 is 57.0 Å². The normalized spacial score (nSPS) is 42.9. The maximum atomic E-state index is 15.1. The fraction of sp³-hybridized carbons (Fsp3) is 0.820. The Balaban J connectivity index is 1.64. The molecule has 0 saturated carbocycles. The average molecular weight is 952 g/mol. The van der Waals surface area contributed by atoms with E-state index in [0.29, 0.717) is 18.6 Å². The molecule has 16 heteroatoms. The minimum absolute atomic E-state index is 0.0431. The van der Waals surface area contributed by atoms with Gasteiger partial charge >= 0.3 is 11.9 Å². The van der Waals surface area contributed by atoms with E-state index in [-0.39, 0.29) is 30.8 Å². The van der Waals surface area contributed by atoms with Gasteiger partial charge in [0.2, 0.25) is 0 Å². The number of nitrogens with zero attached hydrogens (tertiary/aromatic N) is 1. The third kappa shape index (κ3) is 11.3. The topological polar surface area (TPSA) is 156 Å². The molecule has 4 aliphatic rings. The lowest BCUT2D eigenvalue weighted by Gasteiger charge is -2.50. The molecule has 0 aromatic heterocycles. The number of carbonyl (C=O) groups excluding carboxylic acids is 3. The molecular formula is C50H81NO14S. The number of methoxy groups -OCH3 is 5. The first-order chi connectivity index (χ1) is 31.1. The van der Waals surface area contributed by atoms with E-state index in [9.17, 15) is 4.79 Å². The fourth-order valence-electron chi connectivity index (χ4n) is 11.5. The first-order valence-corrected chi connectivity index (χ1v) is 24.8.